The largest absolute Gasteiger partial charge is 0.493 e. The number of hydrogen-bond acceptors (Lipinski definition) is 16. The van der Waals surface area contributed by atoms with E-state index in [1.807, 2.05) is 0 Å². The Bertz CT molecular complexity index is 3030. The lowest BCUT2D eigenvalue weighted by atomic mass is 9.97. The first-order valence-electron chi connectivity index (χ1n) is 20.0. The average Bonchev–Trinajstić information content (AvgIpc) is 3.87. The first-order valence-corrected chi connectivity index (χ1v) is 20.0. The Hall–Kier alpha value is -9.10. The molecule has 6 amide bonds. The number of methoxy groups -OCH3 is 1. The second-order valence-corrected chi connectivity index (χ2v) is 15.6. The Morgan fingerprint density at radius 1 is 0.493 bits per heavy atom. The monoisotopic (exact) mass is 906 g/mol. The smallest absolute Gasteiger partial charge is 0.343 e. The maximum absolute atomic E-state index is 13.5. The summed E-state index contributed by atoms with van der Waals surface area (Å²) in [5.41, 5.74) is -0.897. The molecule has 19 nitrogen and oxygen atoms in total. The van der Waals surface area contributed by atoms with Crippen LogP contribution in [0.1, 0.15) is 103 Å². The van der Waals surface area contributed by atoms with Crippen molar-refractivity contribution in [1.29, 1.82) is 0 Å². The third-order valence-electron chi connectivity index (χ3n) is 10.9. The van der Waals surface area contributed by atoms with Crippen LogP contribution < -0.4 is 29.5 Å². The number of ether oxygens (including phenoxy) is 5. The number of hydrazine groups is 1. The number of amides is 6. The van der Waals surface area contributed by atoms with Gasteiger partial charge in [-0.25, -0.2) is 30.0 Å². The van der Waals surface area contributed by atoms with Crippen molar-refractivity contribution in [3.05, 3.63) is 160 Å². The topological polar surface area (TPSA) is 253 Å². The first kappa shape index (κ1) is 44.5. The summed E-state index contributed by atoms with van der Waals surface area (Å²) in [6.07, 6.45) is 2.41. The number of nitrogens with two attached hydrogens (primary N) is 1. The molecule has 3 aliphatic rings. The minimum atomic E-state index is -1.09. The van der Waals surface area contributed by atoms with Crippen molar-refractivity contribution >= 4 is 59.3 Å². The number of hydrogen-bond donors (Lipinski definition) is 1. The molecule has 0 unspecified atom stereocenters. The molecule has 19 heteroatoms. The molecule has 0 fully saturated rings. The van der Waals surface area contributed by atoms with Gasteiger partial charge >= 0.3 is 23.9 Å². The van der Waals surface area contributed by atoms with Gasteiger partial charge in [-0.05, 0) is 117 Å². The van der Waals surface area contributed by atoms with Crippen LogP contribution in [-0.4, -0.2) is 93.3 Å². The van der Waals surface area contributed by atoms with Crippen LogP contribution in [0.5, 0.6) is 28.7 Å². The van der Waals surface area contributed by atoms with Gasteiger partial charge in [0.1, 0.15) is 17.2 Å². The SMILES string of the molecule is COc1cc(OC(=O)c2ccc(OC(=O)c3ccc4c(c3)C(=O)N(C(C)(C)CCN3C(=O)C=CC3=O)C4=O)cc2)ccc1OC(=O)c1ccc(OC(=O)c2ccc3c(c2)C(=O)N(N)C3=O)cc1. The molecule has 0 spiro atoms. The van der Waals surface area contributed by atoms with E-state index in [1.54, 1.807) is 13.8 Å². The molecule has 336 valence electrons. The van der Waals surface area contributed by atoms with Crippen molar-refractivity contribution in [3.63, 3.8) is 0 Å². The molecule has 0 radical (unpaired) electrons. The Morgan fingerprint density at radius 2 is 0.910 bits per heavy atom. The van der Waals surface area contributed by atoms with E-state index in [4.69, 9.17) is 29.5 Å². The van der Waals surface area contributed by atoms with Crippen LogP contribution in [0.4, 0.5) is 0 Å². The van der Waals surface area contributed by atoms with Crippen LogP contribution >= 0.6 is 0 Å². The van der Waals surface area contributed by atoms with Crippen LogP contribution in [0, 0.1) is 0 Å². The molecular weight excluding hydrogens is 873 g/mol. The highest BCUT2D eigenvalue weighted by molar-refractivity contribution is 6.23. The number of carbonyl (C=O) groups is 10. The Labute approximate surface area is 378 Å². The van der Waals surface area contributed by atoms with E-state index in [0.717, 1.165) is 22.0 Å². The lowest BCUT2D eigenvalue weighted by molar-refractivity contribution is -0.137. The zero-order chi connectivity index (χ0) is 47.9. The number of benzene rings is 5. The van der Waals surface area contributed by atoms with E-state index in [2.05, 4.69) is 0 Å². The van der Waals surface area contributed by atoms with E-state index >= 15 is 0 Å². The highest BCUT2D eigenvalue weighted by Gasteiger charge is 2.45. The van der Waals surface area contributed by atoms with Gasteiger partial charge in [-0.2, -0.15) is 0 Å². The van der Waals surface area contributed by atoms with Crippen molar-refractivity contribution in [1.82, 2.24) is 14.8 Å². The van der Waals surface area contributed by atoms with E-state index in [-0.39, 0.29) is 86.2 Å². The van der Waals surface area contributed by atoms with Crippen LogP contribution in [0.3, 0.4) is 0 Å². The molecule has 0 bridgehead atoms. The molecule has 5 aromatic carbocycles. The molecule has 8 rings (SSSR count). The zero-order valence-electron chi connectivity index (χ0n) is 35.4. The summed E-state index contributed by atoms with van der Waals surface area (Å²) in [4.78, 5) is 129. The fourth-order valence-electron chi connectivity index (χ4n) is 7.22. The predicted molar refractivity (Wildman–Crippen MR) is 228 cm³/mol. The number of carbonyl (C=O) groups excluding carboxylic acids is 10. The zero-order valence-corrected chi connectivity index (χ0v) is 35.4. The number of nitrogens with zero attached hydrogens (tertiary/aromatic N) is 3. The maximum atomic E-state index is 13.5. The summed E-state index contributed by atoms with van der Waals surface area (Å²) in [6.45, 7) is 3.26. The van der Waals surface area contributed by atoms with Crippen molar-refractivity contribution in [2.24, 2.45) is 5.84 Å². The molecule has 3 aliphatic heterocycles. The Balaban J connectivity index is 0.841. The fourth-order valence-corrected chi connectivity index (χ4v) is 7.22. The number of esters is 4. The second kappa shape index (κ2) is 17.5. The van der Waals surface area contributed by atoms with Crippen LogP contribution in [0.15, 0.2) is 115 Å². The molecule has 5 aromatic rings. The van der Waals surface area contributed by atoms with Gasteiger partial charge in [0.05, 0.1) is 51.6 Å². The van der Waals surface area contributed by atoms with Gasteiger partial charge in [0.25, 0.3) is 35.4 Å². The molecule has 0 atom stereocenters. The van der Waals surface area contributed by atoms with Crippen molar-refractivity contribution < 1.29 is 71.6 Å². The van der Waals surface area contributed by atoms with E-state index in [9.17, 15) is 47.9 Å². The van der Waals surface area contributed by atoms with Gasteiger partial charge in [-0.1, -0.05) is 0 Å². The highest BCUT2D eigenvalue weighted by atomic mass is 16.6. The average molecular weight is 907 g/mol. The highest BCUT2D eigenvalue weighted by Crippen LogP contribution is 2.34. The number of imide groups is 3. The molecule has 67 heavy (non-hydrogen) atoms. The minimum absolute atomic E-state index is 0.00771. The third kappa shape index (κ3) is 8.64. The molecule has 3 heterocycles. The number of rotatable bonds is 13. The summed E-state index contributed by atoms with van der Waals surface area (Å²) in [7, 11) is 1.31. The molecule has 0 aliphatic carbocycles. The molecule has 0 aromatic heterocycles. The summed E-state index contributed by atoms with van der Waals surface area (Å²) < 4.78 is 27.2. The van der Waals surface area contributed by atoms with E-state index < -0.39 is 64.9 Å². The van der Waals surface area contributed by atoms with Gasteiger partial charge in [-0.15, -0.1) is 0 Å². The number of fused-ring (bicyclic) bond motifs is 2. The Morgan fingerprint density at radius 3 is 1.45 bits per heavy atom. The second-order valence-electron chi connectivity index (χ2n) is 15.6. The molecule has 0 saturated carbocycles. The van der Waals surface area contributed by atoms with Crippen molar-refractivity contribution in [2.75, 3.05) is 13.7 Å². The van der Waals surface area contributed by atoms with Gasteiger partial charge in [0.15, 0.2) is 11.5 Å². The van der Waals surface area contributed by atoms with Crippen LogP contribution in [-0.2, 0) is 9.59 Å². The fraction of sp³-hybridized carbons (Fsp3) is 0.125. The standard InChI is InChI=1S/C48H34N4O15/c1-48(2,20-21-50-38(53)18-19-39(50)54)51-40(55)32-15-8-27(22-34(32)41(51)56)46(61)64-29-10-4-25(5-11-29)44(59)66-31-14-17-36(37(24-31)63-3)67-45(60)26-6-12-30(13-7-26)65-47(62)28-9-16-33-35(23-28)43(58)52(49)42(33)57/h4-19,22-24H,20-21,49H2,1-3H3. The molecule has 0 saturated heterocycles. The van der Waals surface area contributed by atoms with E-state index in [1.165, 1.54) is 110 Å². The maximum Gasteiger partial charge on any atom is 0.343 e. The third-order valence-corrected chi connectivity index (χ3v) is 10.9. The van der Waals surface area contributed by atoms with Crippen LogP contribution in [0.2, 0.25) is 0 Å². The Kier molecular flexibility index (Phi) is 11.6. The summed E-state index contributed by atoms with van der Waals surface area (Å²) in [5, 5.41) is 0.452. The van der Waals surface area contributed by atoms with Crippen LogP contribution in [0.25, 0.3) is 0 Å². The first-order chi connectivity index (χ1) is 31.9. The normalized spacial score (nSPS) is 14.1. The van der Waals surface area contributed by atoms with Gasteiger partial charge < -0.3 is 23.7 Å². The lowest BCUT2D eigenvalue weighted by Crippen LogP contribution is -2.49. The summed E-state index contributed by atoms with van der Waals surface area (Å²) in [5.74, 6) is -1.30. The van der Waals surface area contributed by atoms with Gasteiger partial charge in [-0.3, -0.25) is 38.6 Å². The molecule has 2 N–H and O–H groups in total. The quantitative estimate of drug-likeness (QED) is 0.0551. The predicted octanol–water partition coefficient (Wildman–Crippen LogP) is 4.73. The van der Waals surface area contributed by atoms with Gasteiger partial charge in [0.2, 0.25) is 0 Å². The minimum Gasteiger partial charge on any atom is -0.493 e. The van der Waals surface area contributed by atoms with Crippen molar-refractivity contribution in [2.45, 2.75) is 25.8 Å². The lowest BCUT2D eigenvalue weighted by Gasteiger charge is -2.34. The van der Waals surface area contributed by atoms with Gasteiger partial charge in [0, 0.05) is 30.3 Å². The summed E-state index contributed by atoms with van der Waals surface area (Å²) in [6, 6.07) is 22.6. The van der Waals surface area contributed by atoms with Crippen molar-refractivity contribution in [3.8, 4) is 28.7 Å². The molecular formula is C48H34N4O15. The van der Waals surface area contributed by atoms with E-state index in [0.29, 0.717) is 5.01 Å². The summed E-state index contributed by atoms with van der Waals surface area (Å²) >= 11 is 0.